The third kappa shape index (κ3) is 7.31. The molecule has 38 heavy (non-hydrogen) atoms. The first-order valence-electron chi connectivity index (χ1n) is 13.5. The molecule has 0 aromatic heterocycles. The van der Waals surface area contributed by atoms with E-state index in [0.29, 0.717) is 18.9 Å². The van der Waals surface area contributed by atoms with Crippen LogP contribution in [0.3, 0.4) is 0 Å². The highest BCUT2D eigenvalue weighted by atomic mass is 28.4. The summed E-state index contributed by atoms with van der Waals surface area (Å²) in [5.74, 6) is 0.293. The van der Waals surface area contributed by atoms with Crippen LogP contribution in [0.25, 0.3) is 0 Å². The molecular weight excluding hydrogens is 500 g/mol. The molecule has 1 saturated heterocycles. The molecule has 212 valence electrons. The molecule has 2 aromatic rings. The maximum absolute atomic E-state index is 9.51. The number of methoxy groups -OCH3 is 2. The van der Waals surface area contributed by atoms with Gasteiger partial charge in [-0.25, -0.2) is 0 Å². The van der Waals surface area contributed by atoms with E-state index in [9.17, 15) is 5.11 Å². The Hall–Kier alpha value is -1.62. The first kappa shape index (κ1) is 30.9. The van der Waals surface area contributed by atoms with Gasteiger partial charge in [0, 0.05) is 20.8 Å². The summed E-state index contributed by atoms with van der Waals surface area (Å²) in [6, 6.07) is 21.1. The van der Waals surface area contributed by atoms with Gasteiger partial charge in [-0.2, -0.15) is 0 Å². The standard InChI is InChI=1S/C30H46O7Si/c1-23-19-27(37-26(23)17-18-31)29(35-22-33-6)28(34-21-32-5)20-36-38(30(2,3)4,24-13-9-7-10-14-24)25-15-11-8-12-16-25/h7-16,23,26-29,31H,17-22H2,1-6H3/t23-,26+,27-,28-,29+/m1/s1. The van der Waals surface area contributed by atoms with Crippen molar-refractivity contribution in [2.75, 3.05) is 41.0 Å². The SMILES string of the molecule is COCO[C@H]([C@@H](CO[Si](c1ccccc1)(c1ccccc1)C(C)(C)C)OCOC)[C@H]1C[C@@H](C)[C@H](CCO)O1. The van der Waals surface area contributed by atoms with Crippen LogP contribution in [-0.2, 0) is 28.1 Å². The highest BCUT2D eigenvalue weighted by Crippen LogP contribution is 2.38. The van der Waals surface area contributed by atoms with Crippen LogP contribution in [0, 0.1) is 5.92 Å². The van der Waals surface area contributed by atoms with Gasteiger partial charge in [-0.1, -0.05) is 88.4 Å². The number of ether oxygens (including phenoxy) is 5. The zero-order valence-electron chi connectivity index (χ0n) is 23.8. The van der Waals surface area contributed by atoms with E-state index in [1.807, 2.05) is 12.1 Å². The molecule has 1 N–H and O–H groups in total. The zero-order valence-corrected chi connectivity index (χ0v) is 24.8. The third-order valence-electron chi connectivity index (χ3n) is 7.39. The van der Waals surface area contributed by atoms with Crippen LogP contribution in [0.4, 0.5) is 0 Å². The van der Waals surface area contributed by atoms with Crippen LogP contribution < -0.4 is 10.4 Å². The number of benzene rings is 2. The molecule has 1 aliphatic heterocycles. The summed E-state index contributed by atoms with van der Waals surface area (Å²) >= 11 is 0. The predicted octanol–water partition coefficient (Wildman–Crippen LogP) is 3.72. The van der Waals surface area contributed by atoms with Gasteiger partial charge < -0.3 is 33.2 Å². The lowest BCUT2D eigenvalue weighted by Crippen LogP contribution is -2.67. The molecule has 0 radical (unpaired) electrons. The monoisotopic (exact) mass is 546 g/mol. The predicted molar refractivity (Wildman–Crippen MR) is 151 cm³/mol. The van der Waals surface area contributed by atoms with E-state index in [1.54, 1.807) is 14.2 Å². The van der Waals surface area contributed by atoms with Crippen LogP contribution in [0.1, 0.15) is 40.5 Å². The number of rotatable bonds is 15. The fraction of sp³-hybridized carbons (Fsp3) is 0.600. The summed E-state index contributed by atoms with van der Waals surface area (Å²) < 4.78 is 36.6. The van der Waals surface area contributed by atoms with Crippen molar-refractivity contribution in [1.29, 1.82) is 0 Å². The van der Waals surface area contributed by atoms with Crippen molar-refractivity contribution in [1.82, 2.24) is 0 Å². The number of aliphatic hydroxyl groups is 1. The average molecular weight is 547 g/mol. The van der Waals surface area contributed by atoms with E-state index < -0.39 is 20.5 Å². The van der Waals surface area contributed by atoms with Gasteiger partial charge >= 0.3 is 0 Å². The van der Waals surface area contributed by atoms with Crippen LogP contribution in [0.15, 0.2) is 60.7 Å². The van der Waals surface area contributed by atoms with E-state index in [2.05, 4.69) is 76.2 Å². The van der Waals surface area contributed by atoms with E-state index in [4.69, 9.17) is 28.1 Å². The van der Waals surface area contributed by atoms with E-state index in [0.717, 1.165) is 6.42 Å². The Labute approximate surface area is 229 Å². The lowest BCUT2D eigenvalue weighted by Gasteiger charge is -2.44. The Kier molecular flexibility index (Phi) is 11.9. The topological polar surface area (TPSA) is 75.6 Å². The minimum absolute atomic E-state index is 0.0284. The van der Waals surface area contributed by atoms with Gasteiger partial charge in [0.05, 0.1) is 18.8 Å². The Balaban J connectivity index is 1.99. The molecule has 3 rings (SSSR count). The number of hydrogen-bond acceptors (Lipinski definition) is 7. The summed E-state index contributed by atoms with van der Waals surface area (Å²) in [5, 5.41) is 11.7. The Morgan fingerprint density at radius 2 is 1.47 bits per heavy atom. The molecule has 0 saturated carbocycles. The van der Waals surface area contributed by atoms with Gasteiger partial charge in [0.15, 0.2) is 0 Å². The fourth-order valence-electron chi connectivity index (χ4n) is 5.59. The van der Waals surface area contributed by atoms with Gasteiger partial charge in [0.2, 0.25) is 0 Å². The molecule has 1 fully saturated rings. The quantitative estimate of drug-likeness (QED) is 0.270. The second-order valence-corrected chi connectivity index (χ2v) is 15.4. The first-order chi connectivity index (χ1) is 18.3. The lowest BCUT2D eigenvalue weighted by molar-refractivity contribution is -0.198. The molecule has 2 aromatic carbocycles. The van der Waals surface area contributed by atoms with Crippen LogP contribution in [0.5, 0.6) is 0 Å². The minimum atomic E-state index is -2.79. The summed E-state index contributed by atoms with van der Waals surface area (Å²) in [6.07, 6.45) is 0.244. The minimum Gasteiger partial charge on any atom is -0.405 e. The number of hydrogen-bond donors (Lipinski definition) is 1. The molecular formula is C30H46O7Si. The molecule has 0 spiro atoms. The highest BCUT2D eigenvalue weighted by Gasteiger charge is 2.51. The second kappa shape index (κ2) is 14.7. The molecule has 0 amide bonds. The lowest BCUT2D eigenvalue weighted by atomic mass is 9.96. The highest BCUT2D eigenvalue weighted by molar-refractivity contribution is 6.99. The third-order valence-corrected chi connectivity index (χ3v) is 12.4. The van der Waals surface area contributed by atoms with Crippen molar-refractivity contribution in [3.63, 3.8) is 0 Å². The van der Waals surface area contributed by atoms with Crippen molar-refractivity contribution in [3.05, 3.63) is 60.7 Å². The molecule has 0 bridgehead atoms. The molecule has 8 heteroatoms. The average Bonchev–Trinajstić information content (AvgIpc) is 3.27. The van der Waals surface area contributed by atoms with Gasteiger partial charge in [0.1, 0.15) is 25.8 Å². The van der Waals surface area contributed by atoms with Gasteiger partial charge in [-0.3, -0.25) is 0 Å². The summed E-state index contributed by atoms with van der Waals surface area (Å²) in [7, 11) is 0.423. The van der Waals surface area contributed by atoms with Gasteiger partial charge in [0.25, 0.3) is 8.32 Å². The number of aliphatic hydroxyl groups excluding tert-OH is 1. The van der Waals surface area contributed by atoms with Crippen LogP contribution >= 0.6 is 0 Å². The van der Waals surface area contributed by atoms with E-state index >= 15 is 0 Å². The molecule has 7 nitrogen and oxygen atoms in total. The van der Waals surface area contributed by atoms with Crippen LogP contribution in [-0.4, -0.2) is 78.9 Å². The normalized spacial score (nSPS) is 21.9. The Morgan fingerprint density at radius 3 is 1.97 bits per heavy atom. The van der Waals surface area contributed by atoms with Gasteiger partial charge in [-0.05, 0) is 34.2 Å². The molecule has 5 atom stereocenters. The van der Waals surface area contributed by atoms with Crippen LogP contribution in [0.2, 0.25) is 5.04 Å². The summed E-state index contributed by atoms with van der Waals surface area (Å²) in [5.41, 5.74) is 0. The fourth-order valence-corrected chi connectivity index (χ4v) is 10.2. The van der Waals surface area contributed by atoms with Gasteiger partial charge in [-0.15, -0.1) is 0 Å². The summed E-state index contributed by atoms with van der Waals surface area (Å²) in [4.78, 5) is 0. The van der Waals surface area contributed by atoms with Crippen molar-refractivity contribution < 1.29 is 33.2 Å². The van der Waals surface area contributed by atoms with Crippen molar-refractivity contribution >= 4 is 18.7 Å². The maximum atomic E-state index is 9.51. The smallest absolute Gasteiger partial charge is 0.261 e. The van der Waals surface area contributed by atoms with E-state index in [1.165, 1.54) is 10.4 Å². The molecule has 1 heterocycles. The Bertz CT molecular complexity index is 882. The Morgan fingerprint density at radius 1 is 0.921 bits per heavy atom. The van der Waals surface area contributed by atoms with Crippen molar-refractivity contribution in [3.8, 4) is 0 Å². The summed E-state index contributed by atoms with van der Waals surface area (Å²) in [6.45, 7) is 9.51. The second-order valence-electron chi connectivity index (χ2n) is 11.1. The van der Waals surface area contributed by atoms with Crippen molar-refractivity contribution in [2.45, 2.75) is 70.0 Å². The molecule has 0 aliphatic carbocycles. The first-order valence-corrected chi connectivity index (χ1v) is 15.4. The molecule has 0 unspecified atom stereocenters. The largest absolute Gasteiger partial charge is 0.405 e. The van der Waals surface area contributed by atoms with Crippen molar-refractivity contribution in [2.24, 2.45) is 5.92 Å². The molecule has 1 aliphatic rings. The van der Waals surface area contributed by atoms with E-state index in [-0.39, 0.29) is 37.4 Å². The zero-order chi connectivity index (χ0) is 27.6. The maximum Gasteiger partial charge on any atom is 0.261 e.